The van der Waals surface area contributed by atoms with Crippen molar-refractivity contribution in [3.05, 3.63) is 181 Å². The van der Waals surface area contributed by atoms with E-state index in [-0.39, 0.29) is 34.4 Å². The summed E-state index contributed by atoms with van der Waals surface area (Å²) < 4.78 is 39.1. The van der Waals surface area contributed by atoms with Crippen LogP contribution in [0.5, 0.6) is 23.0 Å². The van der Waals surface area contributed by atoms with E-state index in [1.165, 1.54) is 24.3 Å². The number of ether oxygens (including phenoxy) is 2. The monoisotopic (exact) mass is 720 g/mol. The summed E-state index contributed by atoms with van der Waals surface area (Å²) in [4.78, 5) is 25.8. The van der Waals surface area contributed by atoms with Gasteiger partial charge in [-0.2, -0.15) is 0 Å². The van der Waals surface area contributed by atoms with E-state index in [9.17, 15) is 18.0 Å². The summed E-state index contributed by atoms with van der Waals surface area (Å²) in [5, 5.41) is 5.80. The topological polar surface area (TPSA) is 111 Å². The molecule has 6 aromatic carbocycles. The fourth-order valence-corrected chi connectivity index (χ4v) is 6.76. The number of nitrogens with one attached hydrogen (secondary N) is 2. The number of benzene rings is 6. The van der Waals surface area contributed by atoms with Crippen molar-refractivity contribution in [3.8, 4) is 23.0 Å². The molecule has 264 valence electrons. The van der Waals surface area contributed by atoms with Crippen LogP contribution < -0.4 is 20.1 Å². The number of carbonyl (C=O) groups is 2. The highest BCUT2D eigenvalue weighted by Crippen LogP contribution is 2.33. The molecule has 0 aliphatic heterocycles. The van der Waals surface area contributed by atoms with E-state index in [0.717, 1.165) is 22.3 Å². The molecule has 0 atom stereocenters. The maximum atomic E-state index is 13.5. The molecule has 9 heteroatoms. The summed E-state index contributed by atoms with van der Waals surface area (Å²) in [5.41, 5.74) is 4.53. The van der Waals surface area contributed by atoms with Crippen molar-refractivity contribution in [2.45, 2.75) is 22.6 Å². The number of hydrogen-bond acceptors (Lipinski definition) is 6. The molecule has 6 aromatic rings. The second-order valence-corrected chi connectivity index (χ2v) is 13.9. The van der Waals surface area contributed by atoms with Gasteiger partial charge in [0.1, 0.15) is 11.5 Å². The van der Waals surface area contributed by atoms with Gasteiger partial charge in [-0.15, -0.1) is 0 Å². The Labute approximate surface area is 309 Å². The second-order valence-electron chi connectivity index (χ2n) is 12.0. The predicted octanol–water partition coefficient (Wildman–Crippen LogP) is 9.75. The number of carbonyl (C=O) groups excluding carboxylic acids is 2. The average molecular weight is 721 g/mol. The summed E-state index contributed by atoms with van der Waals surface area (Å²) in [6, 6.07) is 41.3. The van der Waals surface area contributed by atoms with Gasteiger partial charge in [-0.05, 0) is 95.1 Å². The third kappa shape index (κ3) is 9.35. The third-order valence-electron chi connectivity index (χ3n) is 8.15. The van der Waals surface area contributed by atoms with Crippen LogP contribution in [0.2, 0.25) is 0 Å². The largest absolute Gasteiger partial charge is 0.455 e. The number of anilines is 2. The smallest absolute Gasteiger partial charge is 0.228 e. The Balaban J connectivity index is 1.08. The SMILES string of the molecule is C=Cc1cccc(CC(=O)Nc2ccccc2Oc2ccc(S(=O)(=O)c3ccc(Oc4ccccc4NC(=O)Cc4cccc(C=C)c4)cc3)cc2)c1. The van der Waals surface area contributed by atoms with Gasteiger partial charge < -0.3 is 20.1 Å². The van der Waals surface area contributed by atoms with E-state index < -0.39 is 9.84 Å². The molecule has 0 heterocycles. The first-order valence-corrected chi connectivity index (χ1v) is 18.2. The molecule has 0 bridgehead atoms. The zero-order valence-electron chi connectivity index (χ0n) is 28.7. The molecule has 2 N–H and O–H groups in total. The molecule has 8 nitrogen and oxygen atoms in total. The number of amides is 2. The van der Waals surface area contributed by atoms with Gasteiger partial charge in [-0.3, -0.25) is 9.59 Å². The summed E-state index contributed by atoms with van der Waals surface area (Å²) in [6.45, 7) is 7.55. The average Bonchev–Trinajstić information content (AvgIpc) is 3.17. The van der Waals surface area contributed by atoms with Gasteiger partial charge in [0.2, 0.25) is 21.7 Å². The first kappa shape index (κ1) is 36.1. The lowest BCUT2D eigenvalue weighted by Crippen LogP contribution is -2.15. The Kier molecular flexibility index (Phi) is 11.3. The van der Waals surface area contributed by atoms with Crippen molar-refractivity contribution < 1.29 is 27.5 Å². The Morgan fingerprint density at radius 3 is 1.32 bits per heavy atom. The van der Waals surface area contributed by atoms with Crippen LogP contribution in [-0.4, -0.2) is 20.2 Å². The van der Waals surface area contributed by atoms with E-state index in [1.54, 1.807) is 84.9 Å². The van der Waals surface area contributed by atoms with Crippen LogP contribution in [0.3, 0.4) is 0 Å². The summed E-state index contributed by atoms with van der Waals surface area (Å²) in [6.07, 6.45) is 3.80. The fourth-order valence-electron chi connectivity index (χ4n) is 5.50. The molecule has 0 aromatic heterocycles. The summed E-state index contributed by atoms with van der Waals surface area (Å²) >= 11 is 0. The third-order valence-corrected chi connectivity index (χ3v) is 9.93. The van der Waals surface area contributed by atoms with Gasteiger partial charge in [0.05, 0.1) is 34.0 Å². The highest BCUT2D eigenvalue weighted by atomic mass is 32.2. The lowest BCUT2D eigenvalue weighted by Gasteiger charge is -2.14. The van der Waals surface area contributed by atoms with E-state index in [1.807, 2.05) is 48.5 Å². The molecular formula is C44H36N2O6S. The molecule has 0 spiro atoms. The van der Waals surface area contributed by atoms with Crippen LogP contribution in [0, 0.1) is 0 Å². The van der Waals surface area contributed by atoms with Crippen molar-refractivity contribution >= 4 is 45.2 Å². The van der Waals surface area contributed by atoms with E-state index in [0.29, 0.717) is 34.4 Å². The number of para-hydroxylation sites is 4. The minimum atomic E-state index is -3.87. The van der Waals surface area contributed by atoms with Crippen LogP contribution in [-0.2, 0) is 32.3 Å². The molecule has 0 aliphatic rings. The highest BCUT2D eigenvalue weighted by Gasteiger charge is 2.19. The van der Waals surface area contributed by atoms with Crippen molar-refractivity contribution in [2.75, 3.05) is 10.6 Å². The number of sulfone groups is 1. The van der Waals surface area contributed by atoms with Crippen LogP contribution in [0.15, 0.2) is 169 Å². The van der Waals surface area contributed by atoms with Gasteiger partial charge in [-0.1, -0.05) is 98.1 Å². The maximum absolute atomic E-state index is 13.5. The Morgan fingerprint density at radius 2 is 0.925 bits per heavy atom. The molecule has 0 radical (unpaired) electrons. The Bertz CT molecular complexity index is 2220. The standard InChI is InChI=1S/C44H36N2O6S/c1-3-31-11-9-13-33(27-31)29-43(47)45-39-15-5-7-17-41(39)51-35-19-23-37(24-20-35)53(49,50)38-25-21-36(22-26-38)52-42-18-8-6-16-40(42)46-44(48)30-34-14-10-12-32(4-2)28-34/h3-28H,1-2,29-30H2,(H,45,47)(H,46,48). The fraction of sp³-hybridized carbons (Fsp3) is 0.0455. The Morgan fingerprint density at radius 1 is 0.528 bits per heavy atom. The molecule has 0 unspecified atom stereocenters. The molecule has 6 rings (SSSR count). The zero-order chi connectivity index (χ0) is 37.2. The molecule has 53 heavy (non-hydrogen) atoms. The lowest BCUT2D eigenvalue weighted by molar-refractivity contribution is -0.116. The molecule has 0 aliphatic carbocycles. The van der Waals surface area contributed by atoms with E-state index in [2.05, 4.69) is 23.8 Å². The second kappa shape index (κ2) is 16.5. The van der Waals surface area contributed by atoms with Gasteiger partial charge in [-0.25, -0.2) is 8.42 Å². The van der Waals surface area contributed by atoms with Gasteiger partial charge in [0.25, 0.3) is 0 Å². The summed E-state index contributed by atoms with van der Waals surface area (Å²) in [7, 11) is -3.87. The normalized spacial score (nSPS) is 10.9. The molecule has 0 saturated heterocycles. The van der Waals surface area contributed by atoms with Gasteiger partial charge in [0.15, 0.2) is 11.5 Å². The number of hydrogen-bond donors (Lipinski definition) is 2. The predicted molar refractivity (Wildman–Crippen MR) is 209 cm³/mol. The van der Waals surface area contributed by atoms with Crippen LogP contribution >= 0.6 is 0 Å². The minimum absolute atomic E-state index is 0.0774. The number of rotatable bonds is 14. The van der Waals surface area contributed by atoms with Crippen LogP contribution in [0.1, 0.15) is 22.3 Å². The lowest BCUT2D eigenvalue weighted by atomic mass is 10.1. The van der Waals surface area contributed by atoms with Gasteiger partial charge >= 0.3 is 0 Å². The van der Waals surface area contributed by atoms with E-state index >= 15 is 0 Å². The molecular weight excluding hydrogens is 685 g/mol. The highest BCUT2D eigenvalue weighted by molar-refractivity contribution is 7.91. The maximum Gasteiger partial charge on any atom is 0.228 e. The van der Waals surface area contributed by atoms with Crippen LogP contribution in [0.25, 0.3) is 12.2 Å². The summed E-state index contributed by atoms with van der Waals surface area (Å²) in [5.74, 6) is 1.18. The first-order chi connectivity index (χ1) is 25.7. The first-order valence-electron chi connectivity index (χ1n) is 16.7. The molecule has 2 amide bonds. The van der Waals surface area contributed by atoms with Crippen molar-refractivity contribution in [1.82, 2.24) is 0 Å². The molecule has 0 fully saturated rings. The van der Waals surface area contributed by atoms with Crippen molar-refractivity contribution in [1.29, 1.82) is 0 Å². The quantitative estimate of drug-likeness (QED) is 0.116. The Hall–Kier alpha value is -6.71. The van der Waals surface area contributed by atoms with Crippen molar-refractivity contribution in [3.63, 3.8) is 0 Å². The minimum Gasteiger partial charge on any atom is -0.455 e. The van der Waals surface area contributed by atoms with Gasteiger partial charge in [0, 0.05) is 0 Å². The molecule has 0 saturated carbocycles. The van der Waals surface area contributed by atoms with Crippen molar-refractivity contribution in [2.24, 2.45) is 0 Å². The zero-order valence-corrected chi connectivity index (χ0v) is 29.5. The van der Waals surface area contributed by atoms with Crippen LogP contribution in [0.4, 0.5) is 11.4 Å². The van der Waals surface area contributed by atoms with E-state index in [4.69, 9.17) is 9.47 Å².